The van der Waals surface area contributed by atoms with Gasteiger partial charge < -0.3 is 4.74 Å². The van der Waals surface area contributed by atoms with Crippen molar-refractivity contribution < 1.29 is 13.2 Å². The van der Waals surface area contributed by atoms with Crippen molar-refractivity contribution in [2.75, 3.05) is 38.8 Å². The van der Waals surface area contributed by atoms with Gasteiger partial charge in [0.15, 0.2) is 0 Å². The van der Waals surface area contributed by atoms with Crippen molar-refractivity contribution in [2.45, 2.75) is 17.6 Å². The lowest BCUT2D eigenvalue weighted by atomic mass is 9.99. The summed E-state index contributed by atoms with van der Waals surface area (Å²) in [6.07, 6.45) is 3.09. The molecule has 0 unspecified atom stereocenters. The number of piperidine rings is 1. The van der Waals surface area contributed by atoms with Crippen LogP contribution in [-0.2, 0) is 14.8 Å². The highest BCUT2D eigenvalue weighted by molar-refractivity contribution is 8.00. The van der Waals surface area contributed by atoms with Crippen LogP contribution in [0.1, 0.15) is 12.8 Å². The minimum atomic E-state index is -3.22. The first-order valence-corrected chi connectivity index (χ1v) is 8.26. The molecule has 17 heavy (non-hydrogen) atoms. The lowest BCUT2D eigenvalue weighted by molar-refractivity contribution is 0.214. The van der Waals surface area contributed by atoms with E-state index in [9.17, 15) is 8.42 Å². The molecule has 1 fully saturated rings. The van der Waals surface area contributed by atoms with Gasteiger partial charge in [0.1, 0.15) is 4.75 Å². The Kier molecular flexibility index (Phi) is 5.25. The van der Waals surface area contributed by atoms with Crippen LogP contribution in [0.4, 0.5) is 0 Å². The van der Waals surface area contributed by atoms with Crippen LogP contribution in [0.3, 0.4) is 0 Å². The van der Waals surface area contributed by atoms with Crippen LogP contribution in [0.15, 0.2) is 0 Å². The molecule has 0 aromatic carbocycles. The van der Waals surface area contributed by atoms with Gasteiger partial charge in [-0.2, -0.15) is 5.26 Å². The number of thioether (sulfide) groups is 1. The largest absolute Gasteiger partial charge is 0.384 e. The summed E-state index contributed by atoms with van der Waals surface area (Å²) in [4.78, 5) is 0. The molecule has 0 spiro atoms. The maximum atomic E-state index is 11.9. The highest BCUT2D eigenvalue weighted by Crippen LogP contribution is 2.34. The van der Waals surface area contributed by atoms with Gasteiger partial charge in [-0.25, -0.2) is 12.7 Å². The van der Waals surface area contributed by atoms with Gasteiger partial charge in [0.2, 0.25) is 10.0 Å². The van der Waals surface area contributed by atoms with E-state index in [0.29, 0.717) is 25.9 Å². The van der Waals surface area contributed by atoms with E-state index >= 15 is 0 Å². The molecule has 1 saturated heterocycles. The van der Waals surface area contributed by atoms with Crippen LogP contribution in [0.2, 0.25) is 0 Å². The van der Waals surface area contributed by atoms with Crippen molar-refractivity contribution in [3.05, 3.63) is 0 Å². The molecular weight excluding hydrogens is 260 g/mol. The van der Waals surface area contributed by atoms with E-state index in [1.807, 2.05) is 6.26 Å². The second kappa shape index (κ2) is 6.05. The summed E-state index contributed by atoms with van der Waals surface area (Å²) in [7, 11) is -1.74. The van der Waals surface area contributed by atoms with Gasteiger partial charge in [0.25, 0.3) is 0 Å². The Bertz CT molecular complexity index is 381. The van der Waals surface area contributed by atoms with Gasteiger partial charge in [-0.1, -0.05) is 0 Å². The van der Waals surface area contributed by atoms with Crippen LogP contribution >= 0.6 is 11.8 Å². The standard InChI is InChI=1S/C10H18N2O3S2/c1-15-7-8-17(13,14)12-5-3-10(9-11,16-2)4-6-12/h3-8H2,1-2H3. The van der Waals surface area contributed by atoms with Crippen LogP contribution in [0, 0.1) is 11.3 Å². The number of methoxy groups -OCH3 is 1. The molecule has 1 rings (SSSR count). The van der Waals surface area contributed by atoms with Crippen molar-refractivity contribution in [2.24, 2.45) is 0 Å². The number of nitrogens with zero attached hydrogens (tertiary/aromatic N) is 2. The first kappa shape index (κ1) is 14.8. The number of hydrogen-bond acceptors (Lipinski definition) is 5. The number of sulfonamides is 1. The topological polar surface area (TPSA) is 70.4 Å². The molecule has 1 aliphatic heterocycles. The van der Waals surface area contributed by atoms with Crippen molar-refractivity contribution in [1.29, 1.82) is 5.26 Å². The first-order chi connectivity index (χ1) is 7.99. The molecular formula is C10H18N2O3S2. The third kappa shape index (κ3) is 3.58. The zero-order valence-corrected chi connectivity index (χ0v) is 11.8. The second-order valence-corrected chi connectivity index (χ2v) is 7.30. The summed E-state index contributed by atoms with van der Waals surface area (Å²) in [6, 6.07) is 2.30. The molecule has 5 nitrogen and oxygen atoms in total. The van der Waals surface area contributed by atoms with Crippen molar-refractivity contribution in [3.63, 3.8) is 0 Å². The van der Waals surface area contributed by atoms with Crippen LogP contribution in [0.5, 0.6) is 0 Å². The third-order valence-electron chi connectivity index (χ3n) is 3.06. The molecule has 1 aliphatic rings. The Morgan fingerprint density at radius 3 is 2.47 bits per heavy atom. The van der Waals surface area contributed by atoms with E-state index in [-0.39, 0.29) is 12.4 Å². The highest BCUT2D eigenvalue weighted by Gasteiger charge is 2.37. The third-order valence-corrected chi connectivity index (χ3v) is 6.18. The molecule has 0 atom stereocenters. The van der Waals surface area contributed by atoms with Gasteiger partial charge in [0, 0.05) is 20.2 Å². The normalized spacial score (nSPS) is 21.0. The molecule has 1 heterocycles. The lowest BCUT2D eigenvalue weighted by Gasteiger charge is -2.35. The predicted molar refractivity (Wildman–Crippen MR) is 68.3 cm³/mol. The molecule has 0 aromatic rings. The van der Waals surface area contributed by atoms with Gasteiger partial charge in [-0.15, -0.1) is 11.8 Å². The fraction of sp³-hybridized carbons (Fsp3) is 0.900. The van der Waals surface area contributed by atoms with Gasteiger partial charge in [0.05, 0.1) is 18.4 Å². The monoisotopic (exact) mass is 278 g/mol. The maximum Gasteiger partial charge on any atom is 0.216 e. The zero-order valence-electron chi connectivity index (χ0n) is 10.2. The van der Waals surface area contributed by atoms with Gasteiger partial charge in [-0.05, 0) is 19.1 Å². The highest BCUT2D eigenvalue weighted by atomic mass is 32.2. The SMILES string of the molecule is COCCS(=O)(=O)N1CCC(C#N)(SC)CC1. The molecule has 7 heteroatoms. The predicted octanol–water partition coefficient (Wildman–Crippen LogP) is 0.684. The van der Waals surface area contributed by atoms with E-state index < -0.39 is 14.8 Å². The van der Waals surface area contributed by atoms with E-state index in [1.54, 1.807) is 0 Å². The van der Waals surface area contributed by atoms with Crippen molar-refractivity contribution in [1.82, 2.24) is 4.31 Å². The Labute approximate surface area is 107 Å². The number of ether oxygens (including phenoxy) is 1. The van der Waals surface area contributed by atoms with Gasteiger partial charge in [-0.3, -0.25) is 0 Å². The Balaban J connectivity index is 2.61. The van der Waals surface area contributed by atoms with Crippen molar-refractivity contribution >= 4 is 21.8 Å². The van der Waals surface area contributed by atoms with E-state index in [0.717, 1.165) is 0 Å². The van der Waals surface area contributed by atoms with Gasteiger partial charge >= 0.3 is 0 Å². The minimum Gasteiger partial charge on any atom is -0.384 e. The molecule has 98 valence electrons. The van der Waals surface area contributed by atoms with Crippen LogP contribution in [0.25, 0.3) is 0 Å². The average Bonchev–Trinajstić information content (AvgIpc) is 2.36. The maximum absolute atomic E-state index is 11.9. The molecule has 0 saturated carbocycles. The summed E-state index contributed by atoms with van der Waals surface area (Å²) in [5, 5.41) is 9.11. The lowest BCUT2D eigenvalue weighted by Crippen LogP contribution is -2.45. The zero-order chi connectivity index (χ0) is 12.9. The van der Waals surface area contributed by atoms with E-state index in [4.69, 9.17) is 10.00 Å². The number of hydrogen-bond donors (Lipinski definition) is 0. The Hall–Kier alpha value is -0.290. The summed E-state index contributed by atoms with van der Waals surface area (Å²) in [5.74, 6) is 0.0162. The van der Waals surface area contributed by atoms with Crippen LogP contribution < -0.4 is 0 Å². The number of rotatable bonds is 5. The molecule has 0 bridgehead atoms. The summed E-state index contributed by atoms with van der Waals surface area (Å²) in [5.41, 5.74) is 0. The molecule has 0 aliphatic carbocycles. The average molecular weight is 278 g/mol. The first-order valence-electron chi connectivity index (χ1n) is 5.43. The second-order valence-electron chi connectivity index (χ2n) is 4.02. The molecule has 0 N–H and O–H groups in total. The Morgan fingerprint density at radius 2 is 2.06 bits per heavy atom. The smallest absolute Gasteiger partial charge is 0.216 e. The number of nitriles is 1. The molecule has 0 amide bonds. The minimum absolute atomic E-state index is 0.0162. The summed E-state index contributed by atoms with van der Waals surface area (Å²) >= 11 is 1.52. The molecule has 0 radical (unpaired) electrons. The molecule has 0 aromatic heterocycles. The summed E-state index contributed by atoms with van der Waals surface area (Å²) in [6.45, 7) is 1.08. The van der Waals surface area contributed by atoms with E-state index in [2.05, 4.69) is 6.07 Å². The Morgan fingerprint density at radius 1 is 1.47 bits per heavy atom. The quantitative estimate of drug-likeness (QED) is 0.740. The van der Waals surface area contributed by atoms with Crippen LogP contribution in [-0.4, -0.2) is 56.3 Å². The van der Waals surface area contributed by atoms with E-state index in [1.165, 1.54) is 23.2 Å². The fourth-order valence-corrected chi connectivity index (χ4v) is 3.86. The fourth-order valence-electron chi connectivity index (χ4n) is 1.80. The van der Waals surface area contributed by atoms with Crippen molar-refractivity contribution in [3.8, 4) is 6.07 Å². The summed E-state index contributed by atoms with van der Waals surface area (Å²) < 4.78 is 29.6.